The van der Waals surface area contributed by atoms with Crippen molar-refractivity contribution < 1.29 is 0 Å². The molecule has 0 saturated heterocycles. The van der Waals surface area contributed by atoms with Gasteiger partial charge in [0.25, 0.3) is 0 Å². The molecule has 1 saturated carbocycles. The molecule has 1 fully saturated rings. The molecular formula is C14H23ClN2S. The fraction of sp³-hybridized carbons (Fsp3) is 0.857. The van der Waals surface area contributed by atoms with Gasteiger partial charge < -0.3 is 0 Å². The Morgan fingerprint density at radius 3 is 2.22 bits per heavy atom. The van der Waals surface area contributed by atoms with Gasteiger partial charge in [-0.3, -0.25) is 0 Å². The zero-order valence-corrected chi connectivity index (χ0v) is 13.3. The third kappa shape index (κ3) is 3.24. The maximum Gasteiger partial charge on any atom is 0.135 e. The van der Waals surface area contributed by atoms with E-state index in [1.807, 2.05) is 6.92 Å². The van der Waals surface area contributed by atoms with Gasteiger partial charge in [0, 0.05) is 5.92 Å². The van der Waals surface area contributed by atoms with E-state index >= 15 is 0 Å². The van der Waals surface area contributed by atoms with Crippen molar-refractivity contribution >= 4 is 22.9 Å². The summed E-state index contributed by atoms with van der Waals surface area (Å²) < 4.78 is 0. The van der Waals surface area contributed by atoms with Gasteiger partial charge in [-0.2, -0.15) is 0 Å². The van der Waals surface area contributed by atoms with Crippen molar-refractivity contribution in [1.29, 1.82) is 0 Å². The zero-order valence-electron chi connectivity index (χ0n) is 11.7. The number of aromatic nitrogens is 2. The lowest BCUT2D eigenvalue weighted by Gasteiger charge is -2.36. The van der Waals surface area contributed by atoms with Gasteiger partial charge >= 0.3 is 0 Å². The van der Waals surface area contributed by atoms with E-state index in [2.05, 4.69) is 31.0 Å². The first kappa shape index (κ1) is 14.3. The monoisotopic (exact) mass is 286 g/mol. The van der Waals surface area contributed by atoms with Crippen LogP contribution in [0.5, 0.6) is 0 Å². The van der Waals surface area contributed by atoms with Gasteiger partial charge in [-0.05, 0) is 43.9 Å². The highest BCUT2D eigenvalue weighted by molar-refractivity contribution is 7.11. The molecule has 1 atom stereocenters. The maximum atomic E-state index is 6.05. The molecule has 1 aromatic rings. The third-order valence-electron chi connectivity index (χ3n) is 4.10. The Bertz CT molecular complexity index is 387. The van der Waals surface area contributed by atoms with E-state index in [9.17, 15) is 0 Å². The van der Waals surface area contributed by atoms with Crippen molar-refractivity contribution in [2.75, 3.05) is 0 Å². The molecule has 0 amide bonds. The first-order chi connectivity index (χ1) is 8.38. The molecule has 102 valence electrons. The van der Waals surface area contributed by atoms with Crippen LogP contribution in [-0.2, 0) is 0 Å². The largest absolute Gasteiger partial charge is 0.143 e. The van der Waals surface area contributed by atoms with Crippen molar-refractivity contribution in [1.82, 2.24) is 10.2 Å². The Morgan fingerprint density at radius 1 is 1.17 bits per heavy atom. The standard InChI is InChI=1S/C14H23ClN2S/c1-9(15)12-16-17-13(18-12)10-5-7-11(8-6-10)14(2,3)4/h9-11H,5-8H2,1-4H3. The van der Waals surface area contributed by atoms with Crippen LogP contribution in [0.2, 0.25) is 0 Å². The average Bonchev–Trinajstić information content (AvgIpc) is 2.77. The molecule has 0 N–H and O–H groups in total. The van der Waals surface area contributed by atoms with Crippen LogP contribution >= 0.6 is 22.9 Å². The van der Waals surface area contributed by atoms with E-state index < -0.39 is 0 Å². The predicted octanol–water partition coefficient (Wildman–Crippen LogP) is 5.16. The van der Waals surface area contributed by atoms with Crippen LogP contribution in [0.25, 0.3) is 0 Å². The molecule has 1 aliphatic carbocycles. The van der Waals surface area contributed by atoms with Crippen LogP contribution in [0.4, 0.5) is 0 Å². The molecule has 0 spiro atoms. The topological polar surface area (TPSA) is 25.8 Å². The minimum absolute atomic E-state index is 0.0119. The Morgan fingerprint density at radius 2 is 1.78 bits per heavy atom. The fourth-order valence-corrected chi connectivity index (χ4v) is 3.90. The highest BCUT2D eigenvalue weighted by Gasteiger charge is 2.31. The van der Waals surface area contributed by atoms with Gasteiger partial charge in [0.05, 0.1) is 5.38 Å². The van der Waals surface area contributed by atoms with Crippen molar-refractivity contribution in [2.24, 2.45) is 11.3 Å². The summed E-state index contributed by atoms with van der Waals surface area (Å²) in [5.41, 5.74) is 0.446. The van der Waals surface area contributed by atoms with E-state index in [0.717, 1.165) is 10.9 Å². The molecule has 2 rings (SSSR count). The summed E-state index contributed by atoms with van der Waals surface area (Å²) in [7, 11) is 0. The molecule has 0 bridgehead atoms. The van der Waals surface area contributed by atoms with Crippen molar-refractivity contribution in [3.8, 4) is 0 Å². The maximum absolute atomic E-state index is 6.05. The van der Waals surface area contributed by atoms with Crippen LogP contribution in [0, 0.1) is 11.3 Å². The molecule has 1 aromatic heterocycles. The number of halogens is 1. The predicted molar refractivity (Wildman–Crippen MR) is 78.3 cm³/mol. The van der Waals surface area contributed by atoms with Gasteiger partial charge in [0.15, 0.2) is 0 Å². The van der Waals surface area contributed by atoms with Gasteiger partial charge in [-0.1, -0.05) is 32.1 Å². The van der Waals surface area contributed by atoms with Crippen LogP contribution in [-0.4, -0.2) is 10.2 Å². The Balaban J connectivity index is 1.97. The summed E-state index contributed by atoms with van der Waals surface area (Å²) in [6.07, 6.45) is 5.15. The molecule has 1 unspecified atom stereocenters. The van der Waals surface area contributed by atoms with Crippen LogP contribution in [0.1, 0.15) is 74.7 Å². The van der Waals surface area contributed by atoms with Crippen LogP contribution in [0.3, 0.4) is 0 Å². The molecule has 18 heavy (non-hydrogen) atoms. The smallest absolute Gasteiger partial charge is 0.135 e. The molecule has 4 heteroatoms. The Kier molecular flexibility index (Phi) is 4.32. The summed E-state index contributed by atoms with van der Waals surface area (Å²) >= 11 is 7.75. The quantitative estimate of drug-likeness (QED) is 0.702. The Hall–Kier alpha value is -0.150. The highest BCUT2D eigenvalue weighted by atomic mass is 35.5. The summed E-state index contributed by atoms with van der Waals surface area (Å²) in [5, 5.41) is 10.7. The second-order valence-corrected chi connectivity index (χ2v) is 8.20. The van der Waals surface area contributed by atoms with E-state index in [1.54, 1.807) is 11.3 Å². The zero-order chi connectivity index (χ0) is 13.3. The molecule has 0 aliphatic heterocycles. The Labute approximate surface area is 119 Å². The van der Waals surface area contributed by atoms with E-state index in [-0.39, 0.29) is 5.38 Å². The average molecular weight is 287 g/mol. The number of alkyl halides is 1. The van der Waals surface area contributed by atoms with Crippen molar-refractivity contribution in [3.63, 3.8) is 0 Å². The van der Waals surface area contributed by atoms with E-state index in [4.69, 9.17) is 11.6 Å². The molecule has 2 nitrogen and oxygen atoms in total. The number of hydrogen-bond acceptors (Lipinski definition) is 3. The second-order valence-electron chi connectivity index (χ2n) is 6.51. The second kappa shape index (κ2) is 5.46. The highest BCUT2D eigenvalue weighted by Crippen LogP contribution is 2.44. The molecule has 1 aliphatic rings. The first-order valence-electron chi connectivity index (χ1n) is 6.85. The summed E-state index contributed by atoms with van der Waals surface area (Å²) in [6.45, 7) is 9.03. The minimum Gasteiger partial charge on any atom is -0.143 e. The minimum atomic E-state index is -0.0119. The van der Waals surface area contributed by atoms with Crippen molar-refractivity contribution in [2.45, 2.75) is 64.7 Å². The van der Waals surface area contributed by atoms with Gasteiger partial charge in [0.1, 0.15) is 10.0 Å². The lowest BCUT2D eigenvalue weighted by Crippen LogP contribution is -2.25. The number of nitrogens with zero attached hydrogens (tertiary/aromatic N) is 2. The van der Waals surface area contributed by atoms with E-state index in [0.29, 0.717) is 11.3 Å². The molecular weight excluding hydrogens is 264 g/mol. The molecule has 0 radical (unpaired) electrons. The first-order valence-corrected chi connectivity index (χ1v) is 8.10. The molecule has 1 heterocycles. The van der Waals surface area contributed by atoms with Gasteiger partial charge in [0.2, 0.25) is 0 Å². The lowest BCUT2D eigenvalue weighted by atomic mass is 9.70. The van der Waals surface area contributed by atoms with Crippen LogP contribution < -0.4 is 0 Å². The normalized spacial score (nSPS) is 27.2. The summed E-state index contributed by atoms with van der Waals surface area (Å²) in [5.74, 6) is 1.47. The summed E-state index contributed by atoms with van der Waals surface area (Å²) in [6, 6.07) is 0. The fourth-order valence-electron chi connectivity index (χ4n) is 2.78. The lowest BCUT2D eigenvalue weighted by molar-refractivity contribution is 0.169. The summed E-state index contributed by atoms with van der Waals surface area (Å²) in [4.78, 5) is 0. The SMILES string of the molecule is CC(Cl)c1nnc(C2CCC(C(C)(C)C)CC2)s1. The van der Waals surface area contributed by atoms with Gasteiger partial charge in [-0.15, -0.1) is 21.8 Å². The third-order valence-corrected chi connectivity index (χ3v) is 5.70. The van der Waals surface area contributed by atoms with E-state index in [1.165, 1.54) is 30.7 Å². The van der Waals surface area contributed by atoms with Crippen LogP contribution in [0.15, 0.2) is 0 Å². The van der Waals surface area contributed by atoms with Gasteiger partial charge in [-0.25, -0.2) is 0 Å². The number of hydrogen-bond donors (Lipinski definition) is 0. The number of rotatable bonds is 2. The van der Waals surface area contributed by atoms with Crippen molar-refractivity contribution in [3.05, 3.63) is 10.0 Å². The molecule has 0 aromatic carbocycles.